The van der Waals surface area contributed by atoms with Gasteiger partial charge in [0.25, 0.3) is 0 Å². The second kappa shape index (κ2) is 6.02. The van der Waals surface area contributed by atoms with E-state index in [1.54, 1.807) is 11.1 Å². The number of hydrogen-bond acceptors (Lipinski definition) is 3. The van der Waals surface area contributed by atoms with Gasteiger partial charge in [0, 0.05) is 29.3 Å². The lowest BCUT2D eigenvalue weighted by Gasteiger charge is -2.43. The van der Waals surface area contributed by atoms with Gasteiger partial charge in [-0.3, -0.25) is 4.79 Å². The van der Waals surface area contributed by atoms with Crippen LogP contribution in [-0.2, 0) is 11.2 Å². The van der Waals surface area contributed by atoms with Crippen molar-refractivity contribution in [1.82, 2.24) is 15.2 Å². The number of carbonyl (C=O) groups excluding carboxylic acids is 2. The van der Waals surface area contributed by atoms with Crippen molar-refractivity contribution in [3.8, 4) is 0 Å². The Morgan fingerprint density at radius 1 is 1.38 bits per heavy atom. The lowest BCUT2D eigenvalue weighted by Crippen LogP contribution is -2.55. The van der Waals surface area contributed by atoms with Crippen molar-refractivity contribution < 1.29 is 9.59 Å². The Kier molecular flexibility index (Phi) is 4.32. The zero-order chi connectivity index (χ0) is 17.5. The van der Waals surface area contributed by atoms with Gasteiger partial charge in [0.1, 0.15) is 5.82 Å². The Morgan fingerprint density at radius 2 is 2.04 bits per heavy atom. The first-order chi connectivity index (χ1) is 11.2. The summed E-state index contributed by atoms with van der Waals surface area (Å²) < 4.78 is 0.912. The highest BCUT2D eigenvalue weighted by atomic mass is 79.9. The van der Waals surface area contributed by atoms with Crippen molar-refractivity contribution in [2.75, 3.05) is 18.4 Å². The van der Waals surface area contributed by atoms with Gasteiger partial charge in [-0.2, -0.15) is 0 Å². The van der Waals surface area contributed by atoms with Crippen LogP contribution in [0.5, 0.6) is 0 Å². The molecule has 1 aromatic heterocycles. The van der Waals surface area contributed by atoms with Gasteiger partial charge in [0.05, 0.1) is 5.41 Å². The average molecular weight is 395 g/mol. The Hall–Kier alpha value is -1.63. The third kappa shape index (κ3) is 3.41. The van der Waals surface area contributed by atoms with E-state index >= 15 is 0 Å². The van der Waals surface area contributed by atoms with Crippen LogP contribution in [0.3, 0.4) is 0 Å². The number of likely N-dealkylation sites (tertiary alicyclic amines) is 1. The first kappa shape index (κ1) is 17.2. The third-order valence-corrected chi connectivity index (χ3v) is 5.10. The standard InChI is InChI=1S/C17H23BrN4O2/c1-16(2,3)21-15(24)22-6-4-17(5-7-22)9-11-8-12(18)10-19-13(11)20-14(17)23/h8,10H,4-7,9H2,1-3H3,(H,21,24)(H,19,20,23). The minimum absolute atomic E-state index is 0.0284. The summed E-state index contributed by atoms with van der Waals surface area (Å²) in [5, 5.41) is 5.92. The van der Waals surface area contributed by atoms with Crippen molar-refractivity contribution in [3.05, 3.63) is 22.3 Å². The maximum atomic E-state index is 12.6. The molecular formula is C17H23BrN4O2. The topological polar surface area (TPSA) is 74.3 Å². The molecule has 1 spiro atoms. The molecule has 0 unspecified atom stereocenters. The highest BCUT2D eigenvalue weighted by molar-refractivity contribution is 9.10. The number of pyridine rings is 1. The van der Waals surface area contributed by atoms with Crippen LogP contribution in [0.4, 0.5) is 10.6 Å². The fraction of sp³-hybridized carbons (Fsp3) is 0.588. The summed E-state index contributed by atoms with van der Waals surface area (Å²) in [4.78, 5) is 31.0. The number of nitrogens with zero attached hydrogens (tertiary/aromatic N) is 2. The van der Waals surface area contributed by atoms with E-state index in [0.717, 1.165) is 10.0 Å². The van der Waals surface area contributed by atoms with Gasteiger partial charge in [-0.1, -0.05) is 0 Å². The van der Waals surface area contributed by atoms with Gasteiger partial charge in [-0.25, -0.2) is 9.78 Å². The van der Waals surface area contributed by atoms with Crippen LogP contribution < -0.4 is 10.6 Å². The maximum Gasteiger partial charge on any atom is 0.317 e. The summed E-state index contributed by atoms with van der Waals surface area (Å²) in [7, 11) is 0. The normalized spacial score (nSPS) is 19.7. The molecule has 1 aromatic rings. The number of rotatable bonds is 0. The molecule has 6 nitrogen and oxygen atoms in total. The third-order valence-electron chi connectivity index (χ3n) is 4.67. The van der Waals surface area contributed by atoms with Crippen LogP contribution in [0.25, 0.3) is 0 Å². The summed E-state index contributed by atoms with van der Waals surface area (Å²) in [6.07, 6.45) is 3.70. The number of anilines is 1. The second-order valence-corrected chi connectivity index (χ2v) is 8.66. The molecular weight excluding hydrogens is 372 g/mol. The van der Waals surface area contributed by atoms with Gasteiger partial charge < -0.3 is 15.5 Å². The van der Waals surface area contributed by atoms with E-state index in [2.05, 4.69) is 31.5 Å². The van der Waals surface area contributed by atoms with Crippen LogP contribution >= 0.6 is 15.9 Å². The van der Waals surface area contributed by atoms with E-state index in [0.29, 0.717) is 38.2 Å². The Morgan fingerprint density at radius 3 is 2.67 bits per heavy atom. The fourth-order valence-corrected chi connectivity index (χ4v) is 3.73. The van der Waals surface area contributed by atoms with E-state index < -0.39 is 5.41 Å². The Labute approximate surface area is 150 Å². The SMILES string of the molecule is CC(C)(C)NC(=O)N1CCC2(CC1)Cc1cc(Br)cnc1NC2=O. The molecule has 3 heterocycles. The van der Waals surface area contributed by atoms with Crippen LogP contribution in [0.2, 0.25) is 0 Å². The zero-order valence-electron chi connectivity index (χ0n) is 14.3. The molecule has 1 fully saturated rings. The number of piperidine rings is 1. The van der Waals surface area contributed by atoms with Gasteiger partial charge >= 0.3 is 6.03 Å². The molecule has 1 saturated heterocycles. The van der Waals surface area contributed by atoms with E-state index in [4.69, 9.17) is 0 Å². The van der Waals surface area contributed by atoms with Gasteiger partial charge in [0.15, 0.2) is 0 Å². The largest absolute Gasteiger partial charge is 0.333 e. The lowest BCUT2D eigenvalue weighted by atomic mass is 9.71. The molecule has 0 aliphatic carbocycles. The number of hydrogen-bond donors (Lipinski definition) is 2. The average Bonchev–Trinajstić information content (AvgIpc) is 2.48. The van der Waals surface area contributed by atoms with Crippen LogP contribution in [0.1, 0.15) is 39.2 Å². The molecule has 0 radical (unpaired) electrons. The number of nitrogens with one attached hydrogen (secondary N) is 2. The molecule has 24 heavy (non-hydrogen) atoms. The van der Waals surface area contributed by atoms with E-state index in [-0.39, 0.29) is 17.5 Å². The summed E-state index contributed by atoms with van der Waals surface area (Å²) in [6.45, 7) is 7.07. The van der Waals surface area contributed by atoms with Crippen molar-refractivity contribution in [1.29, 1.82) is 0 Å². The zero-order valence-corrected chi connectivity index (χ0v) is 15.9. The number of carbonyl (C=O) groups is 2. The predicted molar refractivity (Wildman–Crippen MR) is 95.8 cm³/mol. The molecule has 2 aliphatic rings. The Bertz CT molecular complexity index is 676. The van der Waals surface area contributed by atoms with Crippen LogP contribution in [0.15, 0.2) is 16.7 Å². The number of amides is 3. The predicted octanol–water partition coefficient (Wildman–Crippen LogP) is 2.93. The molecule has 3 rings (SSSR count). The number of fused-ring (bicyclic) bond motifs is 1. The molecule has 7 heteroatoms. The number of urea groups is 1. The second-order valence-electron chi connectivity index (χ2n) is 7.74. The first-order valence-electron chi connectivity index (χ1n) is 8.22. The minimum atomic E-state index is -0.437. The van der Waals surface area contributed by atoms with Crippen molar-refractivity contribution >= 4 is 33.7 Å². The number of aromatic nitrogens is 1. The molecule has 0 saturated carbocycles. The minimum Gasteiger partial charge on any atom is -0.333 e. The molecule has 2 aliphatic heterocycles. The quantitative estimate of drug-likeness (QED) is 0.710. The molecule has 0 atom stereocenters. The highest BCUT2D eigenvalue weighted by Crippen LogP contribution is 2.41. The summed E-state index contributed by atoms with van der Waals surface area (Å²) in [5.41, 5.74) is 0.357. The Balaban J connectivity index is 1.71. The lowest BCUT2D eigenvalue weighted by molar-refractivity contribution is -0.128. The van der Waals surface area contributed by atoms with Crippen molar-refractivity contribution in [2.45, 2.75) is 45.6 Å². The maximum absolute atomic E-state index is 12.6. The monoisotopic (exact) mass is 394 g/mol. The van der Waals surface area contributed by atoms with E-state index in [1.807, 2.05) is 26.8 Å². The smallest absolute Gasteiger partial charge is 0.317 e. The highest BCUT2D eigenvalue weighted by Gasteiger charge is 2.45. The van der Waals surface area contributed by atoms with Crippen molar-refractivity contribution in [2.24, 2.45) is 5.41 Å². The van der Waals surface area contributed by atoms with Gasteiger partial charge in [-0.15, -0.1) is 0 Å². The van der Waals surface area contributed by atoms with Crippen LogP contribution in [-0.4, -0.2) is 40.5 Å². The number of halogens is 1. The summed E-state index contributed by atoms with van der Waals surface area (Å²) >= 11 is 3.44. The van der Waals surface area contributed by atoms with Gasteiger partial charge in [-0.05, 0) is 67.6 Å². The molecule has 3 amide bonds. The first-order valence-corrected chi connectivity index (χ1v) is 9.01. The summed E-state index contributed by atoms with van der Waals surface area (Å²) in [6, 6.07) is 1.96. The van der Waals surface area contributed by atoms with E-state index in [1.165, 1.54) is 0 Å². The van der Waals surface area contributed by atoms with E-state index in [9.17, 15) is 9.59 Å². The summed E-state index contributed by atoms with van der Waals surface area (Å²) in [5.74, 6) is 0.683. The van der Waals surface area contributed by atoms with Crippen molar-refractivity contribution in [3.63, 3.8) is 0 Å². The van der Waals surface area contributed by atoms with Gasteiger partial charge in [0.2, 0.25) is 5.91 Å². The molecule has 0 bridgehead atoms. The van der Waals surface area contributed by atoms with Crippen LogP contribution in [0, 0.1) is 5.41 Å². The fourth-order valence-electron chi connectivity index (χ4n) is 3.36. The molecule has 2 N–H and O–H groups in total. The molecule has 130 valence electrons. The molecule has 0 aromatic carbocycles.